The van der Waals surface area contributed by atoms with E-state index in [-0.39, 0.29) is 11.5 Å². The van der Waals surface area contributed by atoms with Crippen molar-refractivity contribution in [1.82, 2.24) is 4.90 Å². The molecule has 0 radical (unpaired) electrons. The van der Waals surface area contributed by atoms with Crippen LogP contribution in [0.2, 0.25) is 5.02 Å². The van der Waals surface area contributed by atoms with Gasteiger partial charge in [0.2, 0.25) is 0 Å². The topological polar surface area (TPSA) is 24.9 Å². The quantitative estimate of drug-likeness (QED) is 0.579. The number of piperazine rings is 1. The Hall–Kier alpha value is -1.75. The highest BCUT2D eigenvalue weighted by Crippen LogP contribution is 2.53. The summed E-state index contributed by atoms with van der Waals surface area (Å²) in [5.41, 5.74) is 5.78. The number of para-hydroxylation sites is 1. The highest BCUT2D eigenvalue weighted by molar-refractivity contribution is 6.33. The van der Waals surface area contributed by atoms with Gasteiger partial charge < -0.3 is 14.4 Å². The Morgan fingerprint density at radius 2 is 1.88 bits per heavy atom. The van der Waals surface area contributed by atoms with Crippen molar-refractivity contribution in [1.29, 1.82) is 0 Å². The maximum Gasteiger partial charge on any atom is 0.122 e. The predicted octanol–water partition coefficient (Wildman–Crippen LogP) is 5.69. The Morgan fingerprint density at radius 3 is 2.62 bits per heavy atom. The molecule has 0 bridgehead atoms. The van der Waals surface area contributed by atoms with Crippen molar-refractivity contribution in [2.24, 2.45) is 5.41 Å². The van der Waals surface area contributed by atoms with E-state index in [1.54, 1.807) is 7.11 Å². The van der Waals surface area contributed by atoms with Gasteiger partial charge in [0, 0.05) is 38.6 Å². The van der Waals surface area contributed by atoms with E-state index in [4.69, 9.17) is 21.1 Å². The largest absolute Gasteiger partial charge is 0.496 e. The first kappa shape index (κ1) is 22.1. The molecule has 1 fully saturated rings. The van der Waals surface area contributed by atoms with Gasteiger partial charge in [-0.15, -0.1) is 0 Å². The van der Waals surface area contributed by atoms with Gasteiger partial charge >= 0.3 is 0 Å². The maximum atomic E-state index is 6.51. The van der Waals surface area contributed by atoms with Crippen LogP contribution in [0, 0.1) is 5.41 Å². The fourth-order valence-corrected chi connectivity index (χ4v) is 6.14. The first-order valence-corrected chi connectivity index (χ1v) is 12.4. The molecule has 2 aliphatic heterocycles. The summed E-state index contributed by atoms with van der Waals surface area (Å²) in [5.74, 6) is 1.52. The number of nitrogens with zero attached hydrogens (tertiary/aromatic N) is 2. The molecule has 1 aliphatic carbocycles. The molecule has 5 heteroatoms. The number of ether oxygens (including phenoxy) is 2. The molecule has 0 amide bonds. The lowest BCUT2D eigenvalue weighted by Crippen LogP contribution is -2.47. The van der Waals surface area contributed by atoms with Crippen LogP contribution in [0.3, 0.4) is 0 Å². The summed E-state index contributed by atoms with van der Waals surface area (Å²) < 4.78 is 12.2. The number of rotatable bonds is 5. The van der Waals surface area contributed by atoms with Gasteiger partial charge in [0.1, 0.15) is 5.75 Å². The van der Waals surface area contributed by atoms with E-state index in [9.17, 15) is 0 Å². The highest BCUT2D eigenvalue weighted by atomic mass is 35.5. The molecule has 2 heterocycles. The molecule has 0 spiro atoms. The Balaban J connectivity index is 1.26. The van der Waals surface area contributed by atoms with Crippen LogP contribution in [0.1, 0.15) is 55.4 Å². The van der Waals surface area contributed by atoms with E-state index in [1.807, 2.05) is 12.1 Å². The van der Waals surface area contributed by atoms with Crippen LogP contribution in [0.25, 0.3) is 0 Å². The van der Waals surface area contributed by atoms with Crippen LogP contribution >= 0.6 is 11.6 Å². The fourth-order valence-electron chi connectivity index (χ4n) is 5.89. The summed E-state index contributed by atoms with van der Waals surface area (Å²) in [6.07, 6.45) is 3.51. The molecule has 2 unspecified atom stereocenters. The minimum atomic E-state index is 0.182. The molecule has 0 N–H and O–H groups in total. The summed E-state index contributed by atoms with van der Waals surface area (Å²) >= 11 is 6.41. The molecule has 1 saturated heterocycles. The third-order valence-electron chi connectivity index (χ3n) is 7.96. The Morgan fingerprint density at radius 1 is 1.09 bits per heavy atom. The van der Waals surface area contributed by atoms with Gasteiger partial charge in [-0.25, -0.2) is 0 Å². The molecule has 2 aromatic carbocycles. The van der Waals surface area contributed by atoms with Gasteiger partial charge in [0.15, 0.2) is 0 Å². The average molecular weight is 455 g/mol. The second kappa shape index (κ2) is 8.89. The predicted molar refractivity (Wildman–Crippen MR) is 131 cm³/mol. The third kappa shape index (κ3) is 4.02. The number of benzene rings is 2. The van der Waals surface area contributed by atoms with Crippen molar-refractivity contribution < 1.29 is 9.47 Å². The van der Waals surface area contributed by atoms with Gasteiger partial charge in [-0.2, -0.15) is 0 Å². The molecule has 2 atom stereocenters. The van der Waals surface area contributed by atoms with Gasteiger partial charge in [-0.1, -0.05) is 43.6 Å². The van der Waals surface area contributed by atoms with Crippen molar-refractivity contribution in [3.05, 3.63) is 58.1 Å². The first-order chi connectivity index (χ1) is 15.5. The fraction of sp³-hybridized carbons (Fsp3) is 0.556. The number of hydrogen-bond acceptors (Lipinski definition) is 4. The maximum absolute atomic E-state index is 6.51. The van der Waals surface area contributed by atoms with Gasteiger partial charge in [0.25, 0.3) is 0 Å². The molecular formula is C27H35ClN2O2. The van der Waals surface area contributed by atoms with E-state index < -0.39 is 0 Å². The van der Waals surface area contributed by atoms with Crippen LogP contribution < -0.4 is 9.64 Å². The average Bonchev–Trinajstić information content (AvgIpc) is 2.81. The van der Waals surface area contributed by atoms with E-state index in [2.05, 4.69) is 47.9 Å². The first-order valence-electron chi connectivity index (χ1n) is 12.0. The Labute approximate surface area is 197 Å². The molecule has 32 heavy (non-hydrogen) atoms. The lowest BCUT2D eigenvalue weighted by atomic mass is 9.64. The summed E-state index contributed by atoms with van der Waals surface area (Å²) in [4.78, 5) is 4.98. The van der Waals surface area contributed by atoms with Gasteiger partial charge in [-0.3, -0.25) is 4.90 Å². The standard InChI is InChI=1S/C27H35ClN2O2/c1-27(2)12-10-20-24(31-3)9-8-19-25(32-18-21(27)26(19)20)11-13-29-14-16-30(17-15-29)23-7-5-4-6-22(23)28/h4-9,21,25H,10-18H2,1-3H3. The Bertz CT molecular complexity index is 968. The van der Waals surface area contributed by atoms with Gasteiger partial charge in [0.05, 0.1) is 30.5 Å². The van der Waals surface area contributed by atoms with Crippen molar-refractivity contribution in [3.63, 3.8) is 0 Å². The minimum Gasteiger partial charge on any atom is -0.496 e. The van der Waals surface area contributed by atoms with Crippen LogP contribution in [0.4, 0.5) is 5.69 Å². The molecule has 3 aliphatic rings. The van der Waals surface area contributed by atoms with Crippen LogP contribution in [0.5, 0.6) is 5.75 Å². The van der Waals surface area contributed by atoms with Crippen LogP contribution in [0.15, 0.2) is 36.4 Å². The molecular weight excluding hydrogens is 420 g/mol. The molecule has 0 aromatic heterocycles. The smallest absolute Gasteiger partial charge is 0.122 e. The SMILES string of the molecule is COc1ccc2c3c1CCC(C)(C)C3COC2CCN1CCN(c2ccccc2Cl)CC1. The van der Waals surface area contributed by atoms with E-state index in [1.165, 1.54) is 23.1 Å². The monoisotopic (exact) mass is 454 g/mol. The molecule has 0 saturated carbocycles. The number of methoxy groups -OCH3 is 1. The second-order valence-corrected chi connectivity index (χ2v) is 10.6. The minimum absolute atomic E-state index is 0.182. The molecule has 4 nitrogen and oxygen atoms in total. The lowest BCUT2D eigenvalue weighted by molar-refractivity contribution is -0.0111. The molecule has 172 valence electrons. The zero-order valence-corrected chi connectivity index (χ0v) is 20.3. The number of anilines is 1. The highest BCUT2D eigenvalue weighted by Gasteiger charge is 2.42. The normalized spacial score (nSPS) is 24.8. The number of hydrogen-bond donors (Lipinski definition) is 0. The molecule has 5 rings (SSSR count). The zero-order valence-electron chi connectivity index (χ0n) is 19.6. The van der Waals surface area contributed by atoms with Gasteiger partial charge in [-0.05, 0) is 59.6 Å². The van der Waals surface area contributed by atoms with Crippen molar-refractivity contribution in [2.45, 2.75) is 45.1 Å². The van der Waals surface area contributed by atoms with Crippen LogP contribution in [-0.2, 0) is 11.2 Å². The van der Waals surface area contributed by atoms with Crippen molar-refractivity contribution in [3.8, 4) is 5.75 Å². The summed E-state index contributed by atoms with van der Waals surface area (Å²) in [5, 5.41) is 0.846. The lowest BCUT2D eigenvalue weighted by Gasteiger charge is -2.46. The summed E-state index contributed by atoms with van der Waals surface area (Å²) in [6, 6.07) is 12.6. The molecule has 2 aromatic rings. The van der Waals surface area contributed by atoms with E-state index in [0.29, 0.717) is 5.92 Å². The Kier molecular flexibility index (Phi) is 6.13. The second-order valence-electron chi connectivity index (χ2n) is 10.2. The van der Waals surface area contributed by atoms with Crippen molar-refractivity contribution >= 4 is 17.3 Å². The zero-order chi connectivity index (χ0) is 22.3. The number of halogens is 1. The van der Waals surface area contributed by atoms with Crippen LogP contribution in [-0.4, -0.2) is 51.3 Å². The third-order valence-corrected chi connectivity index (χ3v) is 8.28. The summed E-state index contributed by atoms with van der Waals surface area (Å²) in [7, 11) is 1.80. The summed E-state index contributed by atoms with van der Waals surface area (Å²) in [6.45, 7) is 10.8. The van der Waals surface area contributed by atoms with E-state index >= 15 is 0 Å². The van der Waals surface area contributed by atoms with E-state index in [0.717, 1.165) is 68.6 Å². The van der Waals surface area contributed by atoms with Crippen molar-refractivity contribution in [2.75, 3.05) is 51.3 Å².